The first-order valence-electron chi connectivity index (χ1n) is 7.03. The van der Waals surface area contributed by atoms with Gasteiger partial charge in [-0.15, -0.1) is 0 Å². The number of anilines is 1. The Kier molecular flexibility index (Phi) is 5.33. The van der Waals surface area contributed by atoms with E-state index in [9.17, 15) is 0 Å². The third-order valence-electron chi connectivity index (χ3n) is 3.30. The Morgan fingerprint density at radius 3 is 2.58 bits per heavy atom. The highest BCUT2D eigenvalue weighted by Gasteiger charge is 2.15. The molecule has 106 valence electrons. The maximum absolute atomic E-state index is 6.07. The Balaban J connectivity index is 1.91. The minimum Gasteiger partial charge on any atom is -0.491 e. The van der Waals surface area contributed by atoms with Gasteiger partial charge in [0.2, 0.25) is 0 Å². The predicted molar refractivity (Wildman–Crippen MR) is 75.7 cm³/mol. The molecule has 4 nitrogen and oxygen atoms in total. The van der Waals surface area contributed by atoms with Crippen molar-refractivity contribution < 1.29 is 14.2 Å². The van der Waals surface area contributed by atoms with Gasteiger partial charge in [0.1, 0.15) is 17.2 Å². The molecule has 1 aromatic rings. The van der Waals surface area contributed by atoms with Crippen molar-refractivity contribution in [1.29, 1.82) is 0 Å². The van der Waals surface area contributed by atoms with Crippen LogP contribution >= 0.6 is 0 Å². The summed E-state index contributed by atoms with van der Waals surface area (Å²) < 4.78 is 16.8. The molecule has 0 atom stereocenters. The van der Waals surface area contributed by atoms with Gasteiger partial charge in [-0.1, -0.05) is 13.0 Å². The Morgan fingerprint density at radius 2 is 1.89 bits per heavy atom. The third kappa shape index (κ3) is 4.03. The van der Waals surface area contributed by atoms with E-state index in [4.69, 9.17) is 19.9 Å². The van der Waals surface area contributed by atoms with Gasteiger partial charge in [-0.05, 0) is 37.3 Å². The van der Waals surface area contributed by atoms with E-state index in [1.54, 1.807) is 0 Å². The Hall–Kier alpha value is -1.42. The van der Waals surface area contributed by atoms with Crippen LogP contribution in [0, 0.1) is 5.92 Å². The van der Waals surface area contributed by atoms with Crippen molar-refractivity contribution in [1.82, 2.24) is 0 Å². The summed E-state index contributed by atoms with van der Waals surface area (Å²) in [6.45, 7) is 5.12. The molecular formula is C15H23NO3. The zero-order valence-corrected chi connectivity index (χ0v) is 11.6. The quantitative estimate of drug-likeness (QED) is 0.804. The van der Waals surface area contributed by atoms with Gasteiger partial charge in [-0.2, -0.15) is 0 Å². The van der Waals surface area contributed by atoms with E-state index in [-0.39, 0.29) is 0 Å². The molecule has 1 aliphatic rings. The predicted octanol–water partition coefficient (Wildman–Crippen LogP) is 2.86. The number of benzene rings is 1. The van der Waals surface area contributed by atoms with Crippen LogP contribution < -0.4 is 15.2 Å². The van der Waals surface area contributed by atoms with Crippen molar-refractivity contribution in [3.05, 3.63) is 18.2 Å². The van der Waals surface area contributed by atoms with E-state index in [1.807, 2.05) is 18.2 Å². The first kappa shape index (κ1) is 14.0. The van der Waals surface area contributed by atoms with Gasteiger partial charge in [-0.3, -0.25) is 0 Å². The molecule has 0 aliphatic carbocycles. The lowest BCUT2D eigenvalue weighted by molar-refractivity contribution is 0.0498. The molecule has 1 aliphatic heterocycles. The molecule has 2 N–H and O–H groups in total. The van der Waals surface area contributed by atoms with Crippen molar-refractivity contribution in [3.63, 3.8) is 0 Å². The van der Waals surface area contributed by atoms with Crippen molar-refractivity contribution in [3.8, 4) is 11.5 Å². The molecule has 4 heteroatoms. The fourth-order valence-electron chi connectivity index (χ4n) is 2.11. The maximum atomic E-state index is 6.07. The van der Waals surface area contributed by atoms with Crippen LogP contribution in [0.5, 0.6) is 11.5 Å². The average molecular weight is 265 g/mol. The van der Waals surface area contributed by atoms with Crippen LogP contribution in [0.2, 0.25) is 0 Å². The smallest absolute Gasteiger partial charge is 0.146 e. The van der Waals surface area contributed by atoms with Gasteiger partial charge in [0, 0.05) is 13.2 Å². The van der Waals surface area contributed by atoms with Crippen LogP contribution in [0.3, 0.4) is 0 Å². The molecule has 2 rings (SSSR count). The normalized spacial score (nSPS) is 16.3. The highest BCUT2D eigenvalue weighted by Crippen LogP contribution is 2.32. The zero-order valence-electron chi connectivity index (χ0n) is 11.6. The van der Waals surface area contributed by atoms with E-state index in [0.717, 1.165) is 38.2 Å². The summed E-state index contributed by atoms with van der Waals surface area (Å²) in [5.74, 6) is 2.00. The van der Waals surface area contributed by atoms with Crippen LogP contribution in [0.25, 0.3) is 0 Å². The monoisotopic (exact) mass is 265 g/mol. The summed E-state index contributed by atoms with van der Waals surface area (Å²) in [6.07, 6.45) is 3.09. The number of nitrogen functional groups attached to an aromatic ring is 1. The standard InChI is InChI=1S/C15H23NO3/c1-2-8-18-13-4-3-5-14(15(13)16)19-11-12-6-9-17-10-7-12/h3-5,12H,2,6-11,16H2,1H3. The molecule has 0 spiro atoms. The summed E-state index contributed by atoms with van der Waals surface area (Å²) in [5, 5.41) is 0. The summed E-state index contributed by atoms with van der Waals surface area (Å²) in [5.41, 5.74) is 6.67. The van der Waals surface area contributed by atoms with E-state index in [1.165, 1.54) is 0 Å². The molecule has 0 radical (unpaired) electrons. The molecule has 1 saturated heterocycles. The van der Waals surface area contributed by atoms with E-state index in [0.29, 0.717) is 30.6 Å². The first-order chi connectivity index (χ1) is 9.31. The van der Waals surface area contributed by atoms with Crippen LogP contribution in [0.15, 0.2) is 18.2 Å². The fraction of sp³-hybridized carbons (Fsp3) is 0.600. The lowest BCUT2D eigenvalue weighted by Crippen LogP contribution is -2.21. The minimum atomic E-state index is 0.563. The van der Waals surface area contributed by atoms with Gasteiger partial charge in [0.15, 0.2) is 0 Å². The summed E-state index contributed by atoms with van der Waals surface area (Å²) in [6, 6.07) is 5.69. The average Bonchev–Trinajstić information content (AvgIpc) is 2.46. The molecule has 0 amide bonds. The molecular weight excluding hydrogens is 242 g/mol. The van der Waals surface area contributed by atoms with Crippen molar-refractivity contribution in [2.75, 3.05) is 32.2 Å². The van der Waals surface area contributed by atoms with Crippen LogP contribution in [0.4, 0.5) is 5.69 Å². The SMILES string of the molecule is CCCOc1cccc(OCC2CCOCC2)c1N. The number of nitrogens with two attached hydrogens (primary N) is 1. The van der Waals surface area contributed by atoms with E-state index < -0.39 is 0 Å². The Morgan fingerprint density at radius 1 is 1.21 bits per heavy atom. The summed E-state index contributed by atoms with van der Waals surface area (Å²) >= 11 is 0. The second-order valence-electron chi connectivity index (χ2n) is 4.88. The Labute approximate surface area is 114 Å². The molecule has 19 heavy (non-hydrogen) atoms. The largest absolute Gasteiger partial charge is 0.491 e. The number of rotatable bonds is 6. The van der Waals surface area contributed by atoms with E-state index in [2.05, 4.69) is 6.92 Å². The van der Waals surface area contributed by atoms with Crippen LogP contribution in [0.1, 0.15) is 26.2 Å². The fourth-order valence-corrected chi connectivity index (χ4v) is 2.11. The van der Waals surface area contributed by atoms with Crippen molar-refractivity contribution >= 4 is 5.69 Å². The topological polar surface area (TPSA) is 53.7 Å². The summed E-state index contributed by atoms with van der Waals surface area (Å²) in [4.78, 5) is 0. The van der Waals surface area contributed by atoms with Crippen molar-refractivity contribution in [2.24, 2.45) is 5.92 Å². The second kappa shape index (κ2) is 7.24. The molecule has 0 bridgehead atoms. The van der Waals surface area contributed by atoms with Gasteiger partial charge in [0.05, 0.1) is 13.2 Å². The van der Waals surface area contributed by atoms with Gasteiger partial charge < -0.3 is 19.9 Å². The van der Waals surface area contributed by atoms with Crippen molar-refractivity contribution in [2.45, 2.75) is 26.2 Å². The number of hydrogen-bond acceptors (Lipinski definition) is 4. The minimum absolute atomic E-state index is 0.563. The highest BCUT2D eigenvalue weighted by molar-refractivity contribution is 5.62. The van der Waals surface area contributed by atoms with E-state index >= 15 is 0 Å². The lowest BCUT2D eigenvalue weighted by Gasteiger charge is -2.22. The maximum Gasteiger partial charge on any atom is 0.146 e. The molecule has 1 fully saturated rings. The first-order valence-corrected chi connectivity index (χ1v) is 7.03. The lowest BCUT2D eigenvalue weighted by atomic mass is 10.0. The molecule has 1 aromatic carbocycles. The van der Waals surface area contributed by atoms with Gasteiger partial charge in [0.25, 0.3) is 0 Å². The third-order valence-corrected chi connectivity index (χ3v) is 3.30. The van der Waals surface area contributed by atoms with Gasteiger partial charge >= 0.3 is 0 Å². The van der Waals surface area contributed by atoms with Crippen LogP contribution in [-0.4, -0.2) is 26.4 Å². The molecule has 0 aromatic heterocycles. The van der Waals surface area contributed by atoms with Crippen LogP contribution in [-0.2, 0) is 4.74 Å². The number of ether oxygens (including phenoxy) is 3. The zero-order chi connectivity index (χ0) is 13.5. The van der Waals surface area contributed by atoms with Gasteiger partial charge in [-0.25, -0.2) is 0 Å². The molecule has 0 unspecified atom stereocenters. The second-order valence-corrected chi connectivity index (χ2v) is 4.88. The highest BCUT2D eigenvalue weighted by atomic mass is 16.5. The number of para-hydroxylation sites is 1. The summed E-state index contributed by atoms with van der Waals surface area (Å²) in [7, 11) is 0. The molecule has 0 saturated carbocycles. The Bertz CT molecular complexity index is 389. The number of hydrogen-bond donors (Lipinski definition) is 1. The molecule has 1 heterocycles.